The molecular formula is C98H84N16O22S4. The third-order valence-corrected chi connectivity index (χ3v) is 26.3. The van der Waals surface area contributed by atoms with Crippen LogP contribution in [-0.4, -0.2) is 205 Å². The fourth-order valence-corrected chi connectivity index (χ4v) is 20.1. The lowest BCUT2D eigenvalue weighted by molar-refractivity contribution is -0.134. The smallest absolute Gasteiger partial charge is 0.300 e. The number of carbonyl (C=O) groups excluding carboxylic acids is 4. The predicted octanol–water partition coefficient (Wildman–Crippen LogP) is 9.27. The number of hydrogen-bond donors (Lipinski definition) is 1. The maximum Gasteiger partial charge on any atom is 0.300 e. The van der Waals surface area contributed by atoms with Gasteiger partial charge in [0.1, 0.15) is 18.1 Å². The van der Waals surface area contributed by atoms with E-state index in [2.05, 4.69) is 66.6 Å². The lowest BCUT2D eigenvalue weighted by Gasteiger charge is -2.13. The number of rotatable bonds is 24. The molecule has 0 saturated heterocycles. The van der Waals surface area contributed by atoms with Gasteiger partial charge < -0.3 is 81.5 Å². The number of aromatic nitrogens is 12. The summed E-state index contributed by atoms with van der Waals surface area (Å²) in [6, 6.07) is 43.3. The van der Waals surface area contributed by atoms with Crippen LogP contribution in [0.5, 0.6) is 69.0 Å². The normalized spacial score (nSPS) is 14.2. The highest BCUT2D eigenvalue weighted by Crippen LogP contribution is 2.47. The fourth-order valence-electron chi connectivity index (χ4n) is 16.1. The van der Waals surface area contributed by atoms with Gasteiger partial charge in [-0.2, -0.15) is 38.0 Å². The Balaban J connectivity index is 0.000000133. The van der Waals surface area contributed by atoms with Crippen LogP contribution in [0, 0.1) is 0 Å². The molecule has 42 heteroatoms. The van der Waals surface area contributed by atoms with Crippen molar-refractivity contribution in [2.24, 2.45) is 0 Å². The molecule has 0 radical (unpaired) electrons. The van der Waals surface area contributed by atoms with E-state index in [0.717, 1.165) is 75.0 Å². The number of carboxylic acid groups (broad SMARTS) is 1. The Morgan fingerprint density at radius 2 is 0.471 bits per heavy atom. The average molecular weight is 1970 g/mol. The Kier molecular flexibility index (Phi) is 27.6. The number of fused-ring (bicyclic) bond motifs is 8. The monoisotopic (exact) mass is 1960 g/mol. The molecule has 8 aromatic carbocycles. The Labute approximate surface area is 809 Å². The number of amides is 4. The average Bonchev–Trinajstić information content (AvgIpc) is 1.59. The van der Waals surface area contributed by atoms with E-state index in [-0.39, 0.29) is 23.6 Å². The largest absolute Gasteiger partial charge is 0.493 e. The molecule has 0 unspecified atom stereocenters. The standard InChI is InChI=1S/4C24H20N4O5S.C2H4O2/c4*1-5-10-27-15-9-7-6-8-14(15)18(22(27)29)20-23(30)28-24(34-20)25-21(26-28)13-11-16(31-2)19(33-4)17(12-13)32-3;1-2(3)4/h4*5-9,11-12H,1,10H2,2-4H3;1H3,(H,3,4)/b4*20-18-;. The highest BCUT2D eigenvalue weighted by Gasteiger charge is 2.39. The van der Waals surface area contributed by atoms with Gasteiger partial charge >= 0.3 is 0 Å². The van der Waals surface area contributed by atoms with Crippen LogP contribution in [0.1, 0.15) is 29.2 Å². The number of ether oxygens (including phenoxy) is 12. The molecule has 0 saturated carbocycles. The van der Waals surface area contributed by atoms with Gasteiger partial charge in [0, 0.05) is 77.6 Å². The van der Waals surface area contributed by atoms with Crippen molar-refractivity contribution in [3.8, 4) is 115 Å². The summed E-state index contributed by atoms with van der Waals surface area (Å²) in [6.45, 7) is 17.4. The fraction of sp³-hybridized carbons (Fsp3) is 0.173. The van der Waals surface area contributed by atoms with Gasteiger partial charge in [-0.25, -0.2) is 0 Å². The first-order chi connectivity index (χ1) is 67.8. The van der Waals surface area contributed by atoms with Crippen molar-refractivity contribution in [3.05, 3.63) is 278 Å². The Bertz CT molecular complexity index is 7250. The topological polar surface area (TPSA) is 418 Å². The van der Waals surface area contributed by atoms with Crippen LogP contribution in [-0.2, 0) is 24.0 Å². The van der Waals surface area contributed by atoms with E-state index in [1.807, 2.05) is 97.1 Å². The summed E-state index contributed by atoms with van der Waals surface area (Å²) in [5.41, 5.74) is 8.04. The molecule has 20 rings (SSSR count). The van der Waals surface area contributed by atoms with E-state index in [1.165, 1.54) is 103 Å². The minimum absolute atomic E-state index is 0.243. The Morgan fingerprint density at radius 3 is 0.621 bits per heavy atom. The Morgan fingerprint density at radius 1 is 0.300 bits per heavy atom. The number of benzene rings is 8. The molecule has 712 valence electrons. The highest BCUT2D eigenvalue weighted by molar-refractivity contribution is 7.16. The predicted molar refractivity (Wildman–Crippen MR) is 529 cm³/mol. The molecule has 140 heavy (non-hydrogen) atoms. The first kappa shape index (κ1) is 95.9. The van der Waals surface area contributed by atoms with Crippen LogP contribution >= 0.6 is 45.3 Å². The third-order valence-electron chi connectivity index (χ3n) is 22.2. The van der Waals surface area contributed by atoms with Crippen molar-refractivity contribution >= 4 is 140 Å². The molecule has 1 N–H and O–H groups in total. The third kappa shape index (κ3) is 17.0. The molecule has 4 aliphatic heterocycles. The van der Waals surface area contributed by atoms with E-state index >= 15 is 0 Å². The number of hydrogen-bond acceptors (Lipinski definition) is 33. The van der Waals surface area contributed by atoms with Crippen LogP contribution in [0.3, 0.4) is 0 Å². The lowest BCUT2D eigenvalue weighted by atomic mass is 10.1. The molecule has 0 fully saturated rings. The summed E-state index contributed by atoms with van der Waals surface area (Å²) in [5, 5.41) is 25.1. The number of para-hydroxylation sites is 4. The second-order valence-electron chi connectivity index (χ2n) is 30.0. The summed E-state index contributed by atoms with van der Waals surface area (Å²) in [5.74, 6) is 4.86. The number of methoxy groups -OCH3 is 12. The molecule has 0 aliphatic carbocycles. The van der Waals surface area contributed by atoms with E-state index < -0.39 is 28.2 Å². The van der Waals surface area contributed by atoms with Crippen molar-refractivity contribution in [3.63, 3.8) is 0 Å². The molecular weight excluding hydrogens is 1880 g/mol. The first-order valence-electron chi connectivity index (χ1n) is 42.1. The van der Waals surface area contributed by atoms with Crippen LogP contribution in [0.4, 0.5) is 22.7 Å². The molecule has 0 atom stereocenters. The zero-order chi connectivity index (χ0) is 99.5. The van der Waals surface area contributed by atoms with Crippen LogP contribution in [0.2, 0.25) is 0 Å². The number of anilines is 4. The summed E-state index contributed by atoms with van der Waals surface area (Å²) in [6.07, 6.45) is 6.62. The number of carboxylic acids is 1. The molecule has 16 aromatic rings. The zero-order valence-electron chi connectivity index (χ0n) is 77.1. The van der Waals surface area contributed by atoms with Gasteiger partial charge in [-0.1, -0.05) is 142 Å². The molecule has 0 bridgehead atoms. The molecule has 4 aliphatic rings. The SMILES string of the molecule is C=CCN1C(=O)/C(=c2\sc3nc(-c4cc(OC)c(OC)c(OC)c4)nn3c2=O)c2ccccc21.C=CCN1C(=O)/C(=c2\sc3nc(-c4cc(OC)c(OC)c(OC)c4)nn3c2=O)c2ccccc21.C=CCN1C(=O)/C(=c2\sc3nc(-c4cc(OC)c(OC)c(OC)c4)nn3c2=O)c2ccccc21.C=CCN1C(=O)/C(=c2\sc3nc(-c4cc(OC)c(OC)c(OC)c4)nn3c2=O)c2ccccc21.CC(=O)O. The Hall–Kier alpha value is -17.3. The molecule has 0 spiro atoms. The minimum atomic E-state index is -0.833. The number of thiazole rings is 4. The van der Waals surface area contributed by atoms with Gasteiger partial charge in [0.25, 0.3) is 51.8 Å². The minimum Gasteiger partial charge on any atom is -0.493 e. The van der Waals surface area contributed by atoms with E-state index in [0.29, 0.717) is 223 Å². The first-order valence-corrected chi connectivity index (χ1v) is 45.3. The zero-order valence-corrected chi connectivity index (χ0v) is 80.4. The van der Waals surface area contributed by atoms with Crippen molar-refractivity contribution in [2.75, 3.05) is 131 Å². The maximum absolute atomic E-state index is 13.3. The van der Waals surface area contributed by atoms with Crippen molar-refractivity contribution < 1.29 is 85.9 Å². The quantitative estimate of drug-likeness (QED) is 0.0550. The van der Waals surface area contributed by atoms with Gasteiger partial charge in [0.15, 0.2) is 69.3 Å². The molecule has 38 nitrogen and oxygen atoms in total. The summed E-state index contributed by atoms with van der Waals surface area (Å²) in [7, 11) is 18.2. The molecule has 4 amide bonds. The van der Waals surface area contributed by atoms with Crippen LogP contribution < -0.4 is 117 Å². The molecule has 12 heterocycles. The van der Waals surface area contributed by atoms with Gasteiger partial charge in [-0.15, -0.1) is 46.7 Å². The van der Waals surface area contributed by atoms with E-state index in [9.17, 15) is 38.4 Å². The summed E-state index contributed by atoms with van der Waals surface area (Å²) in [4.78, 5) is 141. The number of carbonyl (C=O) groups is 5. The highest BCUT2D eigenvalue weighted by atomic mass is 32.1. The van der Waals surface area contributed by atoms with Gasteiger partial charge in [0.05, 0.1) is 130 Å². The lowest BCUT2D eigenvalue weighted by Crippen LogP contribution is -2.32. The van der Waals surface area contributed by atoms with Gasteiger partial charge in [-0.05, 0) is 72.8 Å². The maximum atomic E-state index is 13.3. The van der Waals surface area contributed by atoms with Crippen molar-refractivity contribution in [2.45, 2.75) is 6.92 Å². The van der Waals surface area contributed by atoms with Gasteiger partial charge in [-0.3, -0.25) is 43.2 Å². The van der Waals surface area contributed by atoms with Gasteiger partial charge in [0.2, 0.25) is 42.8 Å². The number of aliphatic carboxylic acids is 1. The molecule has 8 aromatic heterocycles. The summed E-state index contributed by atoms with van der Waals surface area (Å²) < 4.78 is 70.8. The van der Waals surface area contributed by atoms with Crippen LogP contribution in [0.15, 0.2) is 215 Å². The van der Waals surface area contributed by atoms with E-state index in [1.54, 1.807) is 92.4 Å². The second-order valence-corrected chi connectivity index (χ2v) is 33.9. The van der Waals surface area contributed by atoms with Crippen LogP contribution in [0.25, 0.3) is 87.7 Å². The summed E-state index contributed by atoms with van der Waals surface area (Å²) >= 11 is 4.52. The van der Waals surface area contributed by atoms with Crippen molar-refractivity contribution in [1.82, 2.24) is 58.4 Å². The van der Waals surface area contributed by atoms with Crippen molar-refractivity contribution in [1.29, 1.82) is 0 Å². The number of nitrogens with zero attached hydrogens (tertiary/aromatic N) is 16. The van der Waals surface area contributed by atoms with E-state index in [4.69, 9.17) is 66.7 Å². The second kappa shape index (κ2) is 40.3.